The first-order valence-electron chi connectivity index (χ1n) is 6.20. The summed E-state index contributed by atoms with van der Waals surface area (Å²) in [5.41, 5.74) is -0.387. The van der Waals surface area contributed by atoms with Crippen molar-refractivity contribution in [3.8, 4) is 0 Å². The van der Waals surface area contributed by atoms with Crippen LogP contribution in [0.1, 0.15) is 57.0 Å². The molecule has 1 heterocycles. The molecule has 18 heavy (non-hydrogen) atoms. The lowest BCUT2D eigenvalue weighted by Crippen LogP contribution is -2.40. The van der Waals surface area contributed by atoms with Crippen LogP contribution in [0.2, 0.25) is 0 Å². The number of carbonyl (C=O) groups excluding carboxylic acids is 1. The highest BCUT2D eigenvalue weighted by atomic mass is 16.5. The molecule has 1 amide bonds. The van der Waals surface area contributed by atoms with Gasteiger partial charge >= 0.3 is 0 Å². The van der Waals surface area contributed by atoms with Gasteiger partial charge in [0.1, 0.15) is 5.82 Å². The van der Waals surface area contributed by atoms with E-state index in [0.717, 1.165) is 0 Å². The number of H-pyrrole nitrogens is 1. The summed E-state index contributed by atoms with van der Waals surface area (Å²) in [6, 6.07) is 0. The van der Waals surface area contributed by atoms with Gasteiger partial charge in [-0.15, -0.1) is 5.10 Å². The third-order valence-electron chi connectivity index (χ3n) is 2.46. The van der Waals surface area contributed by atoms with Crippen LogP contribution in [0.25, 0.3) is 0 Å². The second-order valence-corrected chi connectivity index (χ2v) is 5.07. The molecule has 1 aromatic rings. The van der Waals surface area contributed by atoms with E-state index < -0.39 is 0 Å². The fourth-order valence-corrected chi connectivity index (χ4v) is 1.45. The summed E-state index contributed by atoms with van der Waals surface area (Å²) in [5, 5.41) is 9.42. The molecule has 1 rings (SSSR count). The van der Waals surface area contributed by atoms with E-state index >= 15 is 0 Å². The molecular formula is C12H22N4O2. The van der Waals surface area contributed by atoms with Crippen LogP contribution in [0.3, 0.4) is 0 Å². The molecule has 0 bridgehead atoms. The third-order valence-corrected chi connectivity index (χ3v) is 2.46. The van der Waals surface area contributed by atoms with Crippen LogP contribution in [-0.4, -0.2) is 39.8 Å². The molecule has 0 spiro atoms. The van der Waals surface area contributed by atoms with Crippen molar-refractivity contribution in [3.63, 3.8) is 0 Å². The predicted octanol–water partition coefficient (Wildman–Crippen LogP) is 1.47. The maximum Gasteiger partial charge on any atom is 0.291 e. The number of hydrogen-bond donors (Lipinski definition) is 2. The third kappa shape index (κ3) is 4.10. The van der Waals surface area contributed by atoms with Crippen LogP contribution in [0.15, 0.2) is 0 Å². The molecule has 1 aromatic heterocycles. The monoisotopic (exact) mass is 254 g/mol. The second kappa shape index (κ2) is 5.95. The zero-order chi connectivity index (χ0) is 13.8. The van der Waals surface area contributed by atoms with Gasteiger partial charge in [0.25, 0.3) is 5.91 Å². The normalized spacial score (nSPS) is 11.9. The van der Waals surface area contributed by atoms with E-state index in [-0.39, 0.29) is 23.3 Å². The SMILES string of the molecule is CCOC(C)(C)CNC(=O)c1n[nH]c(C(C)C)n1. The van der Waals surface area contributed by atoms with Gasteiger partial charge in [0.2, 0.25) is 5.82 Å². The summed E-state index contributed by atoms with van der Waals surface area (Å²) in [6.45, 7) is 10.8. The van der Waals surface area contributed by atoms with Crippen molar-refractivity contribution in [3.05, 3.63) is 11.6 Å². The molecule has 0 aliphatic carbocycles. The molecule has 0 aliphatic heterocycles. The average Bonchev–Trinajstić information content (AvgIpc) is 2.75. The molecule has 102 valence electrons. The van der Waals surface area contributed by atoms with Crippen molar-refractivity contribution in [2.75, 3.05) is 13.2 Å². The lowest BCUT2D eigenvalue weighted by atomic mass is 10.1. The Labute approximate surface area is 108 Å². The van der Waals surface area contributed by atoms with Gasteiger partial charge in [-0.25, -0.2) is 4.98 Å². The fourth-order valence-electron chi connectivity index (χ4n) is 1.45. The zero-order valence-corrected chi connectivity index (χ0v) is 11.7. The lowest BCUT2D eigenvalue weighted by Gasteiger charge is -2.24. The Kier molecular flexibility index (Phi) is 4.84. The highest BCUT2D eigenvalue weighted by Gasteiger charge is 2.21. The molecule has 0 unspecified atom stereocenters. The Morgan fingerprint density at radius 2 is 2.17 bits per heavy atom. The van der Waals surface area contributed by atoms with Crippen LogP contribution in [0, 0.1) is 0 Å². The van der Waals surface area contributed by atoms with E-state index in [4.69, 9.17) is 4.74 Å². The van der Waals surface area contributed by atoms with Crippen molar-refractivity contribution in [1.29, 1.82) is 0 Å². The molecule has 0 aliphatic rings. The highest BCUT2D eigenvalue weighted by Crippen LogP contribution is 2.09. The van der Waals surface area contributed by atoms with Gasteiger partial charge in [-0.3, -0.25) is 9.89 Å². The molecule has 6 heteroatoms. The summed E-state index contributed by atoms with van der Waals surface area (Å²) in [5.74, 6) is 0.820. The minimum atomic E-state index is -0.387. The van der Waals surface area contributed by atoms with Crippen LogP contribution in [0.4, 0.5) is 0 Å². The minimum absolute atomic E-state index is 0.172. The Morgan fingerprint density at radius 3 is 2.67 bits per heavy atom. The summed E-state index contributed by atoms with van der Waals surface area (Å²) in [4.78, 5) is 16.0. The quantitative estimate of drug-likeness (QED) is 0.805. The first kappa shape index (κ1) is 14.6. The number of nitrogens with zero attached hydrogens (tertiary/aromatic N) is 2. The first-order valence-corrected chi connectivity index (χ1v) is 6.20. The van der Waals surface area contributed by atoms with Gasteiger partial charge in [0.05, 0.1) is 5.60 Å². The van der Waals surface area contributed by atoms with E-state index in [9.17, 15) is 4.79 Å². The van der Waals surface area contributed by atoms with E-state index in [0.29, 0.717) is 19.0 Å². The molecule has 6 nitrogen and oxygen atoms in total. The number of nitrogens with one attached hydrogen (secondary N) is 2. The number of amides is 1. The zero-order valence-electron chi connectivity index (χ0n) is 11.7. The Balaban J connectivity index is 2.55. The molecule has 0 fully saturated rings. The summed E-state index contributed by atoms with van der Waals surface area (Å²) < 4.78 is 5.50. The number of hydrogen-bond acceptors (Lipinski definition) is 4. The van der Waals surface area contributed by atoms with Gasteiger partial charge in [0, 0.05) is 19.1 Å². The van der Waals surface area contributed by atoms with Crippen molar-refractivity contribution in [2.24, 2.45) is 0 Å². The van der Waals surface area contributed by atoms with Crippen LogP contribution >= 0.6 is 0 Å². The lowest BCUT2D eigenvalue weighted by molar-refractivity contribution is -0.00821. The number of aromatic amines is 1. The van der Waals surface area contributed by atoms with Gasteiger partial charge in [0.15, 0.2) is 0 Å². The molecule has 0 atom stereocenters. The van der Waals surface area contributed by atoms with Gasteiger partial charge in [-0.05, 0) is 20.8 Å². The number of carbonyl (C=O) groups is 1. The highest BCUT2D eigenvalue weighted by molar-refractivity contribution is 5.90. The summed E-state index contributed by atoms with van der Waals surface area (Å²) in [6.07, 6.45) is 0. The van der Waals surface area contributed by atoms with Crippen molar-refractivity contribution < 1.29 is 9.53 Å². The van der Waals surface area contributed by atoms with Crippen LogP contribution < -0.4 is 5.32 Å². The molecule has 0 radical (unpaired) electrons. The molecule has 0 saturated carbocycles. The summed E-state index contributed by atoms with van der Waals surface area (Å²) in [7, 11) is 0. The van der Waals surface area contributed by atoms with Gasteiger partial charge in [-0.1, -0.05) is 13.8 Å². The van der Waals surface area contributed by atoms with Crippen molar-refractivity contribution in [1.82, 2.24) is 20.5 Å². The smallest absolute Gasteiger partial charge is 0.291 e. The number of ether oxygens (including phenoxy) is 1. The van der Waals surface area contributed by atoms with E-state index in [1.54, 1.807) is 0 Å². The second-order valence-electron chi connectivity index (χ2n) is 5.07. The van der Waals surface area contributed by atoms with Crippen molar-refractivity contribution in [2.45, 2.75) is 46.1 Å². The van der Waals surface area contributed by atoms with E-state index in [1.165, 1.54) is 0 Å². The topological polar surface area (TPSA) is 79.9 Å². The standard InChI is InChI=1S/C12H22N4O2/c1-6-18-12(4,5)7-13-11(17)10-14-9(8(2)3)15-16-10/h8H,6-7H2,1-5H3,(H,13,17)(H,14,15,16). The van der Waals surface area contributed by atoms with E-state index in [2.05, 4.69) is 20.5 Å². The van der Waals surface area contributed by atoms with Gasteiger partial charge in [-0.2, -0.15) is 0 Å². The average molecular weight is 254 g/mol. The Bertz CT molecular complexity index is 399. The van der Waals surface area contributed by atoms with Crippen LogP contribution in [0.5, 0.6) is 0 Å². The molecule has 2 N–H and O–H groups in total. The fraction of sp³-hybridized carbons (Fsp3) is 0.750. The Hall–Kier alpha value is -1.43. The van der Waals surface area contributed by atoms with E-state index in [1.807, 2.05) is 34.6 Å². The maximum absolute atomic E-state index is 11.8. The Morgan fingerprint density at radius 1 is 1.50 bits per heavy atom. The van der Waals surface area contributed by atoms with Crippen LogP contribution in [-0.2, 0) is 4.74 Å². The molecule has 0 aromatic carbocycles. The largest absolute Gasteiger partial charge is 0.374 e. The molecule has 0 saturated heterocycles. The predicted molar refractivity (Wildman–Crippen MR) is 68.5 cm³/mol. The number of aromatic nitrogens is 3. The van der Waals surface area contributed by atoms with Gasteiger partial charge < -0.3 is 10.1 Å². The number of rotatable bonds is 6. The van der Waals surface area contributed by atoms with Crippen molar-refractivity contribution >= 4 is 5.91 Å². The maximum atomic E-state index is 11.8. The molecular weight excluding hydrogens is 232 g/mol. The summed E-state index contributed by atoms with van der Waals surface area (Å²) >= 11 is 0. The minimum Gasteiger partial charge on any atom is -0.374 e. The first-order chi connectivity index (χ1) is 8.35.